The van der Waals surface area contributed by atoms with E-state index in [-0.39, 0.29) is 5.82 Å². The van der Waals surface area contributed by atoms with Crippen molar-refractivity contribution in [2.45, 2.75) is 0 Å². The van der Waals surface area contributed by atoms with Crippen LogP contribution in [0.2, 0.25) is 0 Å². The molecule has 0 heterocycles. The van der Waals surface area contributed by atoms with Gasteiger partial charge in [0.2, 0.25) is 6.08 Å². The van der Waals surface area contributed by atoms with Gasteiger partial charge in [-0.3, -0.25) is 0 Å². The van der Waals surface area contributed by atoms with E-state index < -0.39 is 0 Å². The van der Waals surface area contributed by atoms with Crippen LogP contribution >= 0.6 is 0 Å². The molecule has 0 N–H and O–H groups in total. The Morgan fingerprint density at radius 2 is 1.14 bits per heavy atom. The Morgan fingerprint density at radius 3 is 1.79 bits per heavy atom. The van der Waals surface area contributed by atoms with Gasteiger partial charge in [0, 0.05) is 16.7 Å². The van der Waals surface area contributed by atoms with Crippen LogP contribution in [0.5, 0.6) is 0 Å². The van der Waals surface area contributed by atoms with E-state index in [1.54, 1.807) is 18.2 Å². The maximum absolute atomic E-state index is 15.0. The van der Waals surface area contributed by atoms with Crippen LogP contribution in [0.4, 0.5) is 10.1 Å². The van der Waals surface area contributed by atoms with Crippen molar-refractivity contribution in [1.29, 1.82) is 0 Å². The summed E-state index contributed by atoms with van der Waals surface area (Å²) in [5.74, 6) is -0.367. The molecule has 0 amide bonds. The van der Waals surface area contributed by atoms with Gasteiger partial charge in [-0.15, -0.1) is 0 Å². The first-order chi connectivity index (χ1) is 13.8. The van der Waals surface area contributed by atoms with Crippen LogP contribution < -0.4 is 0 Å². The quantitative estimate of drug-likeness (QED) is 0.289. The van der Waals surface area contributed by atoms with Gasteiger partial charge in [-0.25, -0.2) is 9.18 Å². The first kappa shape index (κ1) is 17.6. The van der Waals surface area contributed by atoms with Crippen LogP contribution in [0.15, 0.2) is 102 Å². The number of halogens is 1. The van der Waals surface area contributed by atoms with Crippen molar-refractivity contribution in [2.75, 3.05) is 0 Å². The van der Waals surface area contributed by atoms with E-state index in [1.165, 1.54) is 6.07 Å². The zero-order chi connectivity index (χ0) is 19.3. The van der Waals surface area contributed by atoms with Gasteiger partial charge in [-0.2, -0.15) is 4.99 Å². The van der Waals surface area contributed by atoms with Gasteiger partial charge in [0.1, 0.15) is 5.82 Å². The number of benzene rings is 4. The number of nitrogens with zero attached hydrogens (tertiary/aromatic N) is 1. The van der Waals surface area contributed by atoms with E-state index in [9.17, 15) is 4.79 Å². The molecule has 0 atom stereocenters. The second kappa shape index (κ2) is 7.83. The molecule has 4 aromatic carbocycles. The predicted molar refractivity (Wildman–Crippen MR) is 110 cm³/mol. The molecule has 0 aliphatic carbocycles. The molecule has 0 bridgehead atoms. The highest BCUT2D eigenvalue weighted by atomic mass is 19.1. The van der Waals surface area contributed by atoms with E-state index in [2.05, 4.69) is 4.99 Å². The molecule has 4 aromatic rings. The summed E-state index contributed by atoms with van der Waals surface area (Å²) in [6.45, 7) is 0. The van der Waals surface area contributed by atoms with E-state index in [0.717, 1.165) is 22.3 Å². The van der Waals surface area contributed by atoms with Gasteiger partial charge >= 0.3 is 0 Å². The average molecular weight is 365 g/mol. The SMILES string of the molecule is O=C=Nc1c(-c2ccccc2)cccc1-c1c(F)cccc1-c1ccccc1. The standard InChI is InChI=1S/C25H16FNO/c26-23-16-8-13-20(18-9-3-1-4-10-18)24(23)22-15-7-14-21(25(22)27-17-28)19-11-5-2-6-12-19/h1-16H. The Kier molecular flexibility index (Phi) is 4.92. The molecule has 28 heavy (non-hydrogen) atoms. The lowest BCUT2D eigenvalue weighted by Gasteiger charge is -2.15. The van der Waals surface area contributed by atoms with Gasteiger partial charge < -0.3 is 0 Å². The number of rotatable bonds is 4. The summed E-state index contributed by atoms with van der Waals surface area (Å²) in [5.41, 5.74) is 4.67. The van der Waals surface area contributed by atoms with E-state index in [4.69, 9.17) is 0 Å². The summed E-state index contributed by atoms with van der Waals surface area (Å²) in [6, 6.07) is 29.7. The summed E-state index contributed by atoms with van der Waals surface area (Å²) < 4.78 is 15.0. The van der Waals surface area contributed by atoms with Crippen molar-refractivity contribution >= 4 is 11.8 Å². The first-order valence-corrected chi connectivity index (χ1v) is 8.90. The van der Waals surface area contributed by atoms with E-state index in [0.29, 0.717) is 16.8 Å². The first-order valence-electron chi connectivity index (χ1n) is 8.90. The number of aliphatic imine (C=N–C) groups is 1. The van der Waals surface area contributed by atoms with Crippen LogP contribution in [-0.2, 0) is 4.79 Å². The minimum Gasteiger partial charge on any atom is -0.211 e. The second-order valence-corrected chi connectivity index (χ2v) is 6.30. The number of para-hydroxylation sites is 1. The second-order valence-electron chi connectivity index (χ2n) is 6.30. The Balaban J connectivity index is 2.03. The molecule has 0 aromatic heterocycles. The normalized spacial score (nSPS) is 10.3. The van der Waals surface area contributed by atoms with Crippen molar-refractivity contribution in [3.8, 4) is 33.4 Å². The summed E-state index contributed by atoms with van der Waals surface area (Å²) in [5, 5.41) is 0. The third kappa shape index (κ3) is 3.27. The highest BCUT2D eigenvalue weighted by Gasteiger charge is 2.18. The van der Waals surface area contributed by atoms with Gasteiger partial charge in [-0.05, 0) is 22.8 Å². The molecule has 134 valence electrons. The largest absolute Gasteiger partial charge is 0.240 e. The lowest BCUT2D eigenvalue weighted by molar-refractivity contribution is 0.565. The maximum Gasteiger partial charge on any atom is 0.240 e. The molecule has 0 saturated heterocycles. The van der Waals surface area contributed by atoms with E-state index in [1.807, 2.05) is 78.9 Å². The lowest BCUT2D eigenvalue weighted by Crippen LogP contribution is -1.92. The lowest BCUT2D eigenvalue weighted by atomic mass is 9.90. The Morgan fingerprint density at radius 1 is 0.607 bits per heavy atom. The van der Waals surface area contributed by atoms with Crippen LogP contribution in [0, 0.1) is 5.82 Å². The number of carbonyl (C=O) groups excluding carboxylic acids is 1. The van der Waals surface area contributed by atoms with E-state index >= 15 is 4.39 Å². The van der Waals surface area contributed by atoms with Crippen molar-refractivity contribution in [1.82, 2.24) is 0 Å². The van der Waals surface area contributed by atoms with Crippen molar-refractivity contribution < 1.29 is 9.18 Å². The zero-order valence-corrected chi connectivity index (χ0v) is 15.0. The van der Waals surface area contributed by atoms with Gasteiger partial charge in [0.25, 0.3) is 0 Å². The minimum absolute atomic E-state index is 0.367. The van der Waals surface area contributed by atoms with Crippen LogP contribution in [0.25, 0.3) is 33.4 Å². The smallest absolute Gasteiger partial charge is 0.211 e. The average Bonchev–Trinajstić information content (AvgIpc) is 2.75. The minimum atomic E-state index is -0.367. The fourth-order valence-corrected chi connectivity index (χ4v) is 3.42. The summed E-state index contributed by atoms with van der Waals surface area (Å²) in [6.07, 6.45) is 1.64. The molecular formula is C25H16FNO. The van der Waals surface area contributed by atoms with Crippen LogP contribution in [0.3, 0.4) is 0 Å². The molecule has 3 heteroatoms. The van der Waals surface area contributed by atoms with Crippen molar-refractivity contribution in [2.24, 2.45) is 4.99 Å². The Hall–Kier alpha value is -3.81. The molecule has 0 aliphatic heterocycles. The summed E-state index contributed by atoms with van der Waals surface area (Å²) in [4.78, 5) is 15.2. The third-order valence-electron chi connectivity index (χ3n) is 4.65. The molecule has 0 spiro atoms. The highest BCUT2D eigenvalue weighted by molar-refractivity contribution is 5.95. The molecule has 0 radical (unpaired) electrons. The van der Waals surface area contributed by atoms with Crippen LogP contribution in [0.1, 0.15) is 0 Å². The number of hydrogen-bond donors (Lipinski definition) is 0. The highest BCUT2D eigenvalue weighted by Crippen LogP contribution is 2.43. The molecule has 0 aliphatic rings. The van der Waals surface area contributed by atoms with Gasteiger partial charge in [0.15, 0.2) is 0 Å². The zero-order valence-electron chi connectivity index (χ0n) is 15.0. The van der Waals surface area contributed by atoms with Crippen molar-refractivity contribution in [3.63, 3.8) is 0 Å². The summed E-state index contributed by atoms with van der Waals surface area (Å²) >= 11 is 0. The Bertz CT molecular complexity index is 1160. The molecule has 0 saturated carbocycles. The third-order valence-corrected chi connectivity index (χ3v) is 4.65. The van der Waals surface area contributed by atoms with Crippen molar-refractivity contribution in [3.05, 3.63) is 103 Å². The fraction of sp³-hybridized carbons (Fsp3) is 0. The Labute approximate surface area is 162 Å². The van der Waals surface area contributed by atoms with Crippen LogP contribution in [-0.4, -0.2) is 6.08 Å². The predicted octanol–water partition coefficient (Wildman–Crippen LogP) is 6.79. The molecular weight excluding hydrogens is 349 g/mol. The topological polar surface area (TPSA) is 29.4 Å². The molecule has 0 fully saturated rings. The molecule has 4 rings (SSSR count). The molecule has 0 unspecified atom stereocenters. The molecule has 2 nitrogen and oxygen atoms in total. The number of hydrogen-bond acceptors (Lipinski definition) is 2. The number of isocyanates is 1. The monoisotopic (exact) mass is 365 g/mol. The van der Waals surface area contributed by atoms with Gasteiger partial charge in [0.05, 0.1) is 5.69 Å². The fourth-order valence-electron chi connectivity index (χ4n) is 3.42. The maximum atomic E-state index is 15.0. The summed E-state index contributed by atoms with van der Waals surface area (Å²) in [7, 11) is 0. The van der Waals surface area contributed by atoms with Gasteiger partial charge in [-0.1, -0.05) is 91.0 Å².